The maximum absolute atomic E-state index is 12.4. The van der Waals surface area contributed by atoms with Gasteiger partial charge in [0.05, 0.1) is 16.8 Å². The monoisotopic (exact) mass is 282 g/mol. The number of carbonyl (C=O) groups excluding carboxylic acids is 3. The van der Waals surface area contributed by atoms with Crippen LogP contribution in [0.3, 0.4) is 0 Å². The van der Waals surface area contributed by atoms with E-state index < -0.39 is 17.7 Å². The molecule has 0 fully saturated rings. The molecule has 6 nitrogen and oxygen atoms in total. The SMILES string of the molecule is NC(=O)c1ccc2c(c1)C(=O)N(c1cccc(O)c1)C2=O. The molecule has 0 saturated carbocycles. The predicted octanol–water partition coefficient (Wildman–Crippen LogP) is 1.29. The predicted molar refractivity (Wildman–Crippen MR) is 74.2 cm³/mol. The van der Waals surface area contributed by atoms with Crippen LogP contribution >= 0.6 is 0 Å². The molecule has 21 heavy (non-hydrogen) atoms. The number of phenols is 1. The minimum Gasteiger partial charge on any atom is -0.508 e. The second-order valence-electron chi connectivity index (χ2n) is 4.59. The molecular formula is C15H10N2O4. The van der Waals surface area contributed by atoms with Crippen LogP contribution in [0.15, 0.2) is 42.5 Å². The summed E-state index contributed by atoms with van der Waals surface area (Å²) in [5.74, 6) is -1.78. The lowest BCUT2D eigenvalue weighted by Crippen LogP contribution is -2.29. The van der Waals surface area contributed by atoms with Gasteiger partial charge in [0.2, 0.25) is 5.91 Å². The number of aromatic hydroxyl groups is 1. The number of hydrogen-bond acceptors (Lipinski definition) is 4. The number of imide groups is 1. The summed E-state index contributed by atoms with van der Waals surface area (Å²) in [5.41, 5.74) is 5.92. The molecule has 0 aromatic heterocycles. The molecule has 0 spiro atoms. The quantitative estimate of drug-likeness (QED) is 0.810. The fourth-order valence-corrected chi connectivity index (χ4v) is 2.26. The Kier molecular flexibility index (Phi) is 2.72. The normalized spacial score (nSPS) is 13.4. The van der Waals surface area contributed by atoms with Crippen molar-refractivity contribution >= 4 is 23.4 Å². The lowest BCUT2D eigenvalue weighted by atomic mass is 10.1. The Morgan fingerprint density at radius 1 is 1.00 bits per heavy atom. The number of hydrogen-bond donors (Lipinski definition) is 2. The van der Waals surface area contributed by atoms with E-state index in [1.807, 2.05) is 0 Å². The molecule has 1 aliphatic rings. The van der Waals surface area contributed by atoms with Gasteiger partial charge in [-0.3, -0.25) is 14.4 Å². The number of nitrogens with two attached hydrogens (primary N) is 1. The average Bonchev–Trinajstić information content (AvgIpc) is 2.70. The molecule has 6 heteroatoms. The van der Waals surface area contributed by atoms with Crippen molar-refractivity contribution in [3.63, 3.8) is 0 Å². The van der Waals surface area contributed by atoms with Gasteiger partial charge in [0.25, 0.3) is 11.8 Å². The Hall–Kier alpha value is -3.15. The Morgan fingerprint density at radius 2 is 1.71 bits per heavy atom. The van der Waals surface area contributed by atoms with Crippen LogP contribution in [0.2, 0.25) is 0 Å². The van der Waals surface area contributed by atoms with Crippen molar-refractivity contribution in [1.82, 2.24) is 0 Å². The van der Waals surface area contributed by atoms with Gasteiger partial charge in [0, 0.05) is 11.6 Å². The number of amides is 3. The van der Waals surface area contributed by atoms with Crippen LogP contribution in [0.25, 0.3) is 0 Å². The van der Waals surface area contributed by atoms with Gasteiger partial charge in [0.15, 0.2) is 0 Å². The summed E-state index contributed by atoms with van der Waals surface area (Å²) in [6, 6.07) is 9.93. The summed E-state index contributed by atoms with van der Waals surface area (Å²) in [4.78, 5) is 36.8. The summed E-state index contributed by atoms with van der Waals surface area (Å²) >= 11 is 0. The number of phenolic OH excluding ortho intramolecular Hbond substituents is 1. The van der Waals surface area contributed by atoms with E-state index in [4.69, 9.17) is 5.73 Å². The van der Waals surface area contributed by atoms with Crippen molar-refractivity contribution in [2.24, 2.45) is 5.73 Å². The first-order chi connectivity index (χ1) is 9.99. The van der Waals surface area contributed by atoms with E-state index >= 15 is 0 Å². The summed E-state index contributed by atoms with van der Waals surface area (Å²) in [7, 11) is 0. The van der Waals surface area contributed by atoms with Crippen LogP contribution in [-0.4, -0.2) is 22.8 Å². The fourth-order valence-electron chi connectivity index (χ4n) is 2.26. The molecule has 1 heterocycles. The van der Waals surface area contributed by atoms with Crippen LogP contribution < -0.4 is 10.6 Å². The van der Waals surface area contributed by atoms with Gasteiger partial charge in [-0.2, -0.15) is 0 Å². The molecule has 0 unspecified atom stereocenters. The van der Waals surface area contributed by atoms with Crippen LogP contribution in [0.5, 0.6) is 5.75 Å². The van der Waals surface area contributed by atoms with Crippen molar-refractivity contribution in [3.05, 3.63) is 59.2 Å². The molecule has 3 rings (SSSR count). The first-order valence-corrected chi connectivity index (χ1v) is 6.10. The van der Waals surface area contributed by atoms with Gasteiger partial charge in [-0.15, -0.1) is 0 Å². The largest absolute Gasteiger partial charge is 0.508 e. The number of carbonyl (C=O) groups is 3. The molecule has 0 radical (unpaired) electrons. The Labute approximate surface area is 119 Å². The standard InChI is InChI=1S/C15H10N2O4/c16-13(19)8-4-5-11-12(6-8)15(21)17(14(11)20)9-2-1-3-10(18)7-9/h1-7,18H,(H2,16,19). The lowest BCUT2D eigenvalue weighted by Gasteiger charge is -2.13. The van der Waals surface area contributed by atoms with Crippen molar-refractivity contribution in [2.75, 3.05) is 4.90 Å². The second kappa shape index (κ2) is 4.45. The molecule has 2 aromatic carbocycles. The summed E-state index contributed by atoms with van der Waals surface area (Å²) in [6.07, 6.45) is 0. The Balaban J connectivity index is 2.10. The first-order valence-electron chi connectivity index (χ1n) is 6.10. The minimum absolute atomic E-state index is 0.0538. The Bertz CT molecular complexity index is 798. The van der Waals surface area contributed by atoms with Gasteiger partial charge in [-0.25, -0.2) is 4.90 Å². The molecule has 0 saturated heterocycles. The number of nitrogens with zero attached hydrogens (tertiary/aromatic N) is 1. The van der Waals surface area contributed by atoms with E-state index in [-0.39, 0.29) is 28.1 Å². The third-order valence-electron chi connectivity index (χ3n) is 3.26. The highest BCUT2D eigenvalue weighted by molar-refractivity contribution is 6.34. The molecule has 0 bridgehead atoms. The first kappa shape index (κ1) is 12.9. The minimum atomic E-state index is -0.672. The van der Waals surface area contributed by atoms with Gasteiger partial charge in [-0.1, -0.05) is 6.07 Å². The highest BCUT2D eigenvalue weighted by Crippen LogP contribution is 2.30. The smallest absolute Gasteiger partial charge is 0.266 e. The zero-order valence-electron chi connectivity index (χ0n) is 10.7. The maximum Gasteiger partial charge on any atom is 0.266 e. The van der Waals surface area contributed by atoms with Gasteiger partial charge in [0.1, 0.15) is 5.75 Å². The molecule has 104 valence electrons. The number of benzene rings is 2. The van der Waals surface area contributed by atoms with Crippen LogP contribution in [0.4, 0.5) is 5.69 Å². The molecule has 1 aliphatic heterocycles. The van der Waals surface area contributed by atoms with Crippen LogP contribution in [0.1, 0.15) is 31.1 Å². The van der Waals surface area contributed by atoms with Gasteiger partial charge in [-0.05, 0) is 30.3 Å². The third kappa shape index (κ3) is 1.93. The number of fused-ring (bicyclic) bond motifs is 1. The highest BCUT2D eigenvalue weighted by Gasteiger charge is 2.37. The van der Waals surface area contributed by atoms with Crippen molar-refractivity contribution in [1.29, 1.82) is 0 Å². The molecule has 0 atom stereocenters. The molecule has 2 aromatic rings. The van der Waals surface area contributed by atoms with E-state index in [0.29, 0.717) is 0 Å². The number of rotatable bonds is 2. The number of anilines is 1. The van der Waals surface area contributed by atoms with E-state index in [9.17, 15) is 19.5 Å². The van der Waals surface area contributed by atoms with Crippen molar-refractivity contribution in [2.45, 2.75) is 0 Å². The zero-order chi connectivity index (χ0) is 15.1. The number of primary amides is 1. The molecular weight excluding hydrogens is 272 g/mol. The van der Waals surface area contributed by atoms with Crippen LogP contribution in [0, 0.1) is 0 Å². The maximum atomic E-state index is 12.4. The second-order valence-corrected chi connectivity index (χ2v) is 4.59. The fraction of sp³-hybridized carbons (Fsp3) is 0. The van der Waals surface area contributed by atoms with E-state index in [1.54, 1.807) is 0 Å². The molecule has 3 amide bonds. The molecule has 3 N–H and O–H groups in total. The van der Waals surface area contributed by atoms with Crippen molar-refractivity contribution in [3.8, 4) is 5.75 Å². The Morgan fingerprint density at radius 3 is 2.38 bits per heavy atom. The summed E-state index contributed by atoms with van der Waals surface area (Å²) in [6.45, 7) is 0. The van der Waals surface area contributed by atoms with Crippen LogP contribution in [-0.2, 0) is 0 Å². The zero-order valence-corrected chi connectivity index (χ0v) is 10.7. The molecule has 0 aliphatic carbocycles. The summed E-state index contributed by atoms with van der Waals surface area (Å²) in [5, 5.41) is 9.47. The van der Waals surface area contributed by atoms with E-state index in [2.05, 4.69) is 0 Å². The van der Waals surface area contributed by atoms with E-state index in [0.717, 1.165) is 4.90 Å². The lowest BCUT2D eigenvalue weighted by molar-refractivity contribution is 0.0925. The highest BCUT2D eigenvalue weighted by atomic mass is 16.3. The third-order valence-corrected chi connectivity index (χ3v) is 3.26. The summed E-state index contributed by atoms with van der Waals surface area (Å²) < 4.78 is 0. The van der Waals surface area contributed by atoms with Gasteiger partial charge < -0.3 is 10.8 Å². The average molecular weight is 282 g/mol. The van der Waals surface area contributed by atoms with Crippen molar-refractivity contribution < 1.29 is 19.5 Å². The topological polar surface area (TPSA) is 101 Å². The van der Waals surface area contributed by atoms with Gasteiger partial charge >= 0.3 is 0 Å². The van der Waals surface area contributed by atoms with E-state index in [1.165, 1.54) is 42.5 Å².